The van der Waals surface area contributed by atoms with Crippen molar-refractivity contribution in [1.82, 2.24) is 9.21 Å². The van der Waals surface area contributed by atoms with Gasteiger partial charge in [0.15, 0.2) is 6.61 Å². The molecule has 1 saturated carbocycles. The van der Waals surface area contributed by atoms with Crippen LogP contribution in [0.1, 0.15) is 35.7 Å². The summed E-state index contributed by atoms with van der Waals surface area (Å²) in [6.07, 6.45) is 2.10. The Morgan fingerprint density at radius 2 is 1.75 bits per heavy atom. The molecule has 1 atom stereocenters. The molecule has 0 saturated heterocycles. The number of ether oxygens (including phenoxy) is 1. The Balaban J connectivity index is 1.39. The Morgan fingerprint density at radius 1 is 1.09 bits per heavy atom. The first-order valence-corrected chi connectivity index (χ1v) is 11.9. The number of carbonyl (C=O) groups is 3. The highest BCUT2D eigenvalue weighted by Crippen LogP contribution is 2.36. The van der Waals surface area contributed by atoms with E-state index in [2.05, 4.69) is 0 Å². The fourth-order valence-electron chi connectivity index (χ4n) is 3.85. The molecule has 2 aromatic rings. The van der Waals surface area contributed by atoms with Crippen molar-refractivity contribution in [3.8, 4) is 0 Å². The van der Waals surface area contributed by atoms with Gasteiger partial charge in [-0.05, 0) is 43.4 Å². The smallest absolute Gasteiger partial charge is 0.327 e. The SMILES string of the molecule is CC(C1CC1)N(Cc1ccccc1)C(=O)COC(=O)CN1C(=O)c2ccccc2S1(=O)=O. The Bertz CT molecular complexity index is 1140. The van der Waals surface area contributed by atoms with Crippen LogP contribution in [0.25, 0.3) is 0 Å². The molecule has 0 N–H and O–H groups in total. The first-order chi connectivity index (χ1) is 15.3. The second-order valence-electron chi connectivity index (χ2n) is 8.06. The summed E-state index contributed by atoms with van der Waals surface area (Å²) < 4.78 is 30.7. The highest BCUT2D eigenvalue weighted by atomic mass is 32.2. The third kappa shape index (κ3) is 4.38. The van der Waals surface area contributed by atoms with E-state index in [0.717, 1.165) is 18.4 Å². The van der Waals surface area contributed by atoms with Crippen LogP contribution in [0.5, 0.6) is 0 Å². The largest absolute Gasteiger partial charge is 0.454 e. The maximum Gasteiger partial charge on any atom is 0.327 e. The third-order valence-electron chi connectivity index (χ3n) is 5.85. The Labute approximate surface area is 186 Å². The number of hydrogen-bond donors (Lipinski definition) is 0. The average molecular weight is 457 g/mol. The highest BCUT2D eigenvalue weighted by molar-refractivity contribution is 7.90. The molecule has 1 aliphatic carbocycles. The fraction of sp³-hybridized carbons (Fsp3) is 0.348. The maximum atomic E-state index is 12.9. The van der Waals surface area contributed by atoms with Crippen molar-refractivity contribution in [2.24, 2.45) is 5.92 Å². The molecular formula is C23H24N2O6S. The summed E-state index contributed by atoms with van der Waals surface area (Å²) in [7, 11) is -4.12. The Morgan fingerprint density at radius 3 is 2.41 bits per heavy atom. The van der Waals surface area contributed by atoms with Crippen molar-refractivity contribution in [3.05, 3.63) is 65.7 Å². The van der Waals surface area contributed by atoms with Crippen LogP contribution in [0.3, 0.4) is 0 Å². The molecule has 1 aliphatic heterocycles. The van der Waals surface area contributed by atoms with Crippen molar-refractivity contribution in [1.29, 1.82) is 0 Å². The Hall–Kier alpha value is -3.20. The molecule has 0 aromatic heterocycles. The number of amides is 2. The van der Waals surface area contributed by atoms with Gasteiger partial charge in [-0.2, -0.15) is 0 Å². The molecule has 2 aromatic carbocycles. The van der Waals surface area contributed by atoms with Crippen LogP contribution in [0.15, 0.2) is 59.5 Å². The predicted molar refractivity (Wildman–Crippen MR) is 115 cm³/mol. The second kappa shape index (κ2) is 8.74. The van der Waals surface area contributed by atoms with Crippen LogP contribution in [0, 0.1) is 5.92 Å². The van der Waals surface area contributed by atoms with E-state index in [0.29, 0.717) is 16.8 Å². The first kappa shape index (κ1) is 22.0. The summed E-state index contributed by atoms with van der Waals surface area (Å²) in [6, 6.07) is 15.3. The summed E-state index contributed by atoms with van der Waals surface area (Å²) in [5, 5.41) is 0. The number of nitrogens with zero attached hydrogens (tertiary/aromatic N) is 2. The quantitative estimate of drug-likeness (QED) is 0.565. The van der Waals surface area contributed by atoms with E-state index in [1.807, 2.05) is 37.3 Å². The summed E-state index contributed by atoms with van der Waals surface area (Å²) in [5.41, 5.74) is 0.981. The minimum Gasteiger partial charge on any atom is -0.454 e. The third-order valence-corrected chi connectivity index (χ3v) is 7.64. The van der Waals surface area contributed by atoms with Crippen LogP contribution in [-0.4, -0.2) is 54.6 Å². The highest BCUT2D eigenvalue weighted by Gasteiger charge is 2.42. The standard InChI is InChI=1S/C23H24N2O6S/c1-16(18-11-12-18)24(13-17-7-3-2-4-8-17)21(26)15-31-22(27)14-25-23(28)19-9-5-6-10-20(19)32(25,29)30/h2-10,16,18H,11-15H2,1H3. The second-order valence-corrected chi connectivity index (χ2v) is 9.89. The Kier molecular flexibility index (Phi) is 6.01. The van der Waals surface area contributed by atoms with Gasteiger partial charge in [-0.25, -0.2) is 12.7 Å². The van der Waals surface area contributed by atoms with Gasteiger partial charge in [0, 0.05) is 12.6 Å². The molecule has 0 spiro atoms. The number of carbonyl (C=O) groups excluding carboxylic acids is 3. The summed E-state index contributed by atoms with van der Waals surface area (Å²) in [4.78, 5) is 39.2. The molecule has 0 bridgehead atoms. The monoisotopic (exact) mass is 456 g/mol. The van der Waals surface area contributed by atoms with Crippen LogP contribution in [0.4, 0.5) is 0 Å². The van der Waals surface area contributed by atoms with E-state index in [-0.39, 0.29) is 22.4 Å². The van der Waals surface area contributed by atoms with E-state index < -0.39 is 35.1 Å². The molecule has 1 heterocycles. The lowest BCUT2D eigenvalue weighted by atomic mass is 10.1. The average Bonchev–Trinajstić information content (AvgIpc) is 3.62. The molecule has 0 radical (unpaired) electrons. The minimum absolute atomic E-state index is 0.00329. The summed E-state index contributed by atoms with van der Waals surface area (Å²) in [6.45, 7) is 1.08. The summed E-state index contributed by atoms with van der Waals surface area (Å²) >= 11 is 0. The van der Waals surface area contributed by atoms with Crippen molar-refractivity contribution in [2.75, 3.05) is 13.2 Å². The number of fused-ring (bicyclic) bond motifs is 1. The lowest BCUT2D eigenvalue weighted by Crippen LogP contribution is -2.42. The zero-order chi connectivity index (χ0) is 22.9. The van der Waals surface area contributed by atoms with E-state index in [4.69, 9.17) is 4.74 Å². The van der Waals surface area contributed by atoms with Crippen LogP contribution in [-0.2, 0) is 30.9 Å². The van der Waals surface area contributed by atoms with Gasteiger partial charge in [-0.1, -0.05) is 42.5 Å². The maximum absolute atomic E-state index is 12.9. The zero-order valence-corrected chi connectivity index (χ0v) is 18.5. The number of esters is 1. The van der Waals surface area contributed by atoms with E-state index in [1.54, 1.807) is 11.0 Å². The zero-order valence-electron chi connectivity index (χ0n) is 17.6. The number of rotatable bonds is 8. The number of hydrogen-bond acceptors (Lipinski definition) is 6. The normalized spacial score (nSPS) is 17.5. The predicted octanol–water partition coefficient (Wildman–Crippen LogP) is 2.20. The van der Waals surface area contributed by atoms with Crippen LogP contribution < -0.4 is 0 Å². The van der Waals surface area contributed by atoms with Crippen molar-refractivity contribution < 1.29 is 27.5 Å². The molecular weight excluding hydrogens is 432 g/mol. The lowest BCUT2D eigenvalue weighted by molar-refractivity contribution is -0.153. The lowest BCUT2D eigenvalue weighted by Gasteiger charge is -2.29. The van der Waals surface area contributed by atoms with Crippen LogP contribution >= 0.6 is 0 Å². The molecule has 8 nitrogen and oxygen atoms in total. The fourth-order valence-corrected chi connectivity index (χ4v) is 5.36. The van der Waals surface area contributed by atoms with Gasteiger partial charge in [0.1, 0.15) is 11.4 Å². The van der Waals surface area contributed by atoms with Crippen molar-refractivity contribution >= 4 is 27.8 Å². The number of benzene rings is 2. The van der Waals surface area contributed by atoms with Gasteiger partial charge in [0.2, 0.25) is 0 Å². The first-order valence-electron chi connectivity index (χ1n) is 10.4. The molecule has 1 unspecified atom stereocenters. The van der Waals surface area contributed by atoms with Gasteiger partial charge in [-0.3, -0.25) is 14.4 Å². The van der Waals surface area contributed by atoms with Gasteiger partial charge < -0.3 is 9.64 Å². The molecule has 2 aliphatic rings. The van der Waals surface area contributed by atoms with Crippen molar-refractivity contribution in [2.45, 2.75) is 37.2 Å². The molecule has 9 heteroatoms. The minimum atomic E-state index is -4.12. The van der Waals surface area contributed by atoms with Gasteiger partial charge in [0.25, 0.3) is 21.8 Å². The van der Waals surface area contributed by atoms with Gasteiger partial charge in [0.05, 0.1) is 5.56 Å². The number of sulfonamides is 1. The van der Waals surface area contributed by atoms with Crippen LogP contribution in [0.2, 0.25) is 0 Å². The molecule has 2 amide bonds. The van der Waals surface area contributed by atoms with E-state index in [9.17, 15) is 22.8 Å². The van der Waals surface area contributed by atoms with E-state index in [1.165, 1.54) is 18.2 Å². The summed E-state index contributed by atoms with van der Waals surface area (Å²) in [5.74, 6) is -1.68. The van der Waals surface area contributed by atoms with Gasteiger partial charge >= 0.3 is 5.97 Å². The molecule has 1 fully saturated rings. The molecule has 4 rings (SSSR count). The molecule has 168 valence electrons. The van der Waals surface area contributed by atoms with E-state index >= 15 is 0 Å². The topological polar surface area (TPSA) is 101 Å². The van der Waals surface area contributed by atoms with Gasteiger partial charge in [-0.15, -0.1) is 0 Å². The molecule has 32 heavy (non-hydrogen) atoms. The van der Waals surface area contributed by atoms with Crippen molar-refractivity contribution in [3.63, 3.8) is 0 Å².